The van der Waals surface area contributed by atoms with E-state index in [-0.39, 0.29) is 12.5 Å². The van der Waals surface area contributed by atoms with E-state index in [0.717, 1.165) is 23.1 Å². The molecule has 0 saturated heterocycles. The SMILES string of the molecule is Cc1cccc(OCCNC(=O)c2ccc(CN(c3ccccc3Oc3ccccc3)S(C)(=O)=O)cc2)c1. The molecule has 0 fully saturated rings. The molecule has 0 aliphatic heterocycles. The zero-order valence-corrected chi connectivity index (χ0v) is 22.1. The zero-order valence-electron chi connectivity index (χ0n) is 21.3. The van der Waals surface area contributed by atoms with Crippen LogP contribution in [-0.4, -0.2) is 33.7 Å². The number of sulfonamides is 1. The number of hydrogen-bond donors (Lipinski definition) is 1. The molecule has 7 nitrogen and oxygen atoms in total. The van der Waals surface area contributed by atoms with Crippen molar-refractivity contribution < 1.29 is 22.7 Å². The van der Waals surface area contributed by atoms with Crippen LogP contribution < -0.4 is 19.1 Å². The van der Waals surface area contributed by atoms with Crippen molar-refractivity contribution in [2.75, 3.05) is 23.7 Å². The minimum atomic E-state index is -3.64. The van der Waals surface area contributed by atoms with Crippen LogP contribution in [0.5, 0.6) is 17.2 Å². The summed E-state index contributed by atoms with van der Waals surface area (Å²) in [4.78, 5) is 12.6. The second-order valence-electron chi connectivity index (χ2n) is 8.77. The lowest BCUT2D eigenvalue weighted by molar-refractivity contribution is 0.0947. The van der Waals surface area contributed by atoms with Crippen LogP contribution in [0.2, 0.25) is 0 Å². The van der Waals surface area contributed by atoms with E-state index in [9.17, 15) is 13.2 Å². The van der Waals surface area contributed by atoms with Crippen LogP contribution in [0, 0.1) is 6.92 Å². The second kappa shape index (κ2) is 12.3. The highest BCUT2D eigenvalue weighted by Crippen LogP contribution is 2.34. The van der Waals surface area contributed by atoms with Gasteiger partial charge >= 0.3 is 0 Å². The molecular formula is C30H30N2O5S. The number of hydrogen-bond acceptors (Lipinski definition) is 5. The molecule has 1 amide bonds. The van der Waals surface area contributed by atoms with E-state index in [1.165, 1.54) is 4.31 Å². The minimum Gasteiger partial charge on any atom is -0.492 e. The fourth-order valence-corrected chi connectivity index (χ4v) is 4.71. The Morgan fingerprint density at radius 1 is 0.842 bits per heavy atom. The molecule has 0 unspecified atom stereocenters. The van der Waals surface area contributed by atoms with Crippen molar-refractivity contribution in [3.05, 3.63) is 120 Å². The summed E-state index contributed by atoms with van der Waals surface area (Å²) in [7, 11) is -3.64. The first-order valence-corrected chi connectivity index (χ1v) is 14.0. The Labute approximate surface area is 223 Å². The van der Waals surface area contributed by atoms with Crippen LogP contribution in [0.15, 0.2) is 103 Å². The molecule has 4 rings (SSSR count). The molecule has 196 valence electrons. The molecule has 4 aromatic rings. The van der Waals surface area contributed by atoms with E-state index in [4.69, 9.17) is 9.47 Å². The smallest absolute Gasteiger partial charge is 0.251 e. The number of amides is 1. The second-order valence-corrected chi connectivity index (χ2v) is 10.7. The summed E-state index contributed by atoms with van der Waals surface area (Å²) in [5.41, 5.74) is 2.73. The normalized spacial score (nSPS) is 11.0. The number of benzene rings is 4. The van der Waals surface area contributed by atoms with Crippen LogP contribution >= 0.6 is 0 Å². The fourth-order valence-electron chi connectivity index (χ4n) is 3.81. The van der Waals surface area contributed by atoms with Gasteiger partial charge in [0.25, 0.3) is 5.91 Å². The highest BCUT2D eigenvalue weighted by molar-refractivity contribution is 7.92. The number of carbonyl (C=O) groups is 1. The Morgan fingerprint density at radius 2 is 1.53 bits per heavy atom. The Bertz CT molecular complexity index is 1470. The Kier molecular flexibility index (Phi) is 8.66. The molecule has 0 saturated carbocycles. The fraction of sp³-hybridized carbons (Fsp3) is 0.167. The lowest BCUT2D eigenvalue weighted by atomic mass is 10.1. The predicted molar refractivity (Wildman–Crippen MR) is 149 cm³/mol. The van der Waals surface area contributed by atoms with Gasteiger partial charge in [0.05, 0.1) is 25.0 Å². The van der Waals surface area contributed by atoms with Gasteiger partial charge in [-0.15, -0.1) is 0 Å². The molecule has 4 aromatic carbocycles. The van der Waals surface area contributed by atoms with E-state index >= 15 is 0 Å². The molecule has 0 radical (unpaired) electrons. The van der Waals surface area contributed by atoms with Crippen molar-refractivity contribution in [2.24, 2.45) is 0 Å². The van der Waals surface area contributed by atoms with Crippen molar-refractivity contribution in [2.45, 2.75) is 13.5 Å². The van der Waals surface area contributed by atoms with Crippen LogP contribution in [0.3, 0.4) is 0 Å². The summed E-state index contributed by atoms with van der Waals surface area (Å²) >= 11 is 0. The third-order valence-corrected chi connectivity index (χ3v) is 6.82. The third-order valence-electron chi connectivity index (χ3n) is 5.69. The molecule has 0 aliphatic rings. The van der Waals surface area contributed by atoms with E-state index in [1.807, 2.05) is 49.4 Å². The summed E-state index contributed by atoms with van der Waals surface area (Å²) in [6.45, 7) is 2.78. The zero-order chi connectivity index (χ0) is 27.0. The molecule has 0 heterocycles. The van der Waals surface area contributed by atoms with E-state index in [2.05, 4.69) is 5.32 Å². The Balaban J connectivity index is 1.41. The quantitative estimate of drug-likeness (QED) is 0.257. The van der Waals surface area contributed by atoms with Crippen molar-refractivity contribution >= 4 is 21.6 Å². The number of nitrogens with zero attached hydrogens (tertiary/aromatic N) is 1. The molecule has 0 bridgehead atoms. The molecule has 0 spiro atoms. The summed E-state index contributed by atoms with van der Waals surface area (Å²) in [6, 6.07) is 30.8. The predicted octanol–water partition coefficient (Wildman–Crippen LogP) is 5.56. The lowest BCUT2D eigenvalue weighted by Gasteiger charge is -2.25. The van der Waals surface area contributed by atoms with Gasteiger partial charge in [-0.1, -0.05) is 54.6 Å². The van der Waals surface area contributed by atoms with Gasteiger partial charge < -0.3 is 14.8 Å². The number of ether oxygens (including phenoxy) is 2. The highest BCUT2D eigenvalue weighted by Gasteiger charge is 2.22. The Hall–Kier alpha value is -4.30. The largest absolute Gasteiger partial charge is 0.492 e. The van der Waals surface area contributed by atoms with Crippen LogP contribution in [0.4, 0.5) is 5.69 Å². The maximum absolute atomic E-state index is 12.8. The van der Waals surface area contributed by atoms with Gasteiger partial charge in [-0.2, -0.15) is 0 Å². The standard InChI is InChI=1S/C30H30N2O5S/c1-23-9-8-12-27(21-23)36-20-19-31-30(33)25-17-15-24(16-18-25)22-32(38(2,34)35)28-13-6-7-14-29(28)37-26-10-4-3-5-11-26/h3-18,21H,19-20,22H2,1-2H3,(H,31,33). The van der Waals surface area contributed by atoms with Crippen LogP contribution in [-0.2, 0) is 16.6 Å². The van der Waals surface area contributed by atoms with Gasteiger partial charge in [-0.05, 0) is 66.6 Å². The van der Waals surface area contributed by atoms with Crippen LogP contribution in [0.25, 0.3) is 0 Å². The van der Waals surface area contributed by atoms with E-state index in [0.29, 0.717) is 35.9 Å². The van der Waals surface area contributed by atoms with Gasteiger partial charge in [-0.25, -0.2) is 8.42 Å². The van der Waals surface area contributed by atoms with Crippen molar-refractivity contribution in [1.82, 2.24) is 5.32 Å². The number of anilines is 1. The topological polar surface area (TPSA) is 84.9 Å². The van der Waals surface area contributed by atoms with Crippen LogP contribution in [0.1, 0.15) is 21.5 Å². The first-order chi connectivity index (χ1) is 18.3. The molecular weight excluding hydrogens is 500 g/mol. The molecule has 0 aromatic heterocycles. The summed E-state index contributed by atoms with van der Waals surface area (Å²) in [5, 5.41) is 2.84. The molecule has 8 heteroatoms. The first-order valence-electron chi connectivity index (χ1n) is 12.2. The molecule has 1 N–H and O–H groups in total. The van der Waals surface area contributed by atoms with Crippen molar-refractivity contribution in [1.29, 1.82) is 0 Å². The van der Waals surface area contributed by atoms with Gasteiger partial charge in [0.1, 0.15) is 18.1 Å². The Morgan fingerprint density at radius 3 is 2.24 bits per heavy atom. The van der Waals surface area contributed by atoms with Crippen molar-refractivity contribution in [3.63, 3.8) is 0 Å². The van der Waals surface area contributed by atoms with Crippen molar-refractivity contribution in [3.8, 4) is 17.2 Å². The first kappa shape index (κ1) is 26.8. The van der Waals surface area contributed by atoms with Gasteiger partial charge in [0.15, 0.2) is 5.75 Å². The van der Waals surface area contributed by atoms with Gasteiger partial charge in [0, 0.05) is 5.56 Å². The minimum absolute atomic E-state index is 0.0836. The molecule has 38 heavy (non-hydrogen) atoms. The van der Waals surface area contributed by atoms with E-state index < -0.39 is 10.0 Å². The number of carbonyl (C=O) groups excluding carboxylic acids is 1. The maximum atomic E-state index is 12.8. The number of rotatable bonds is 11. The summed E-state index contributed by atoms with van der Waals surface area (Å²) in [5.74, 6) is 1.56. The molecule has 0 atom stereocenters. The lowest BCUT2D eigenvalue weighted by Crippen LogP contribution is -2.30. The number of para-hydroxylation sites is 3. The van der Waals surface area contributed by atoms with Gasteiger partial charge in [-0.3, -0.25) is 9.10 Å². The van der Waals surface area contributed by atoms with Gasteiger partial charge in [0.2, 0.25) is 10.0 Å². The average Bonchev–Trinajstić information content (AvgIpc) is 2.90. The average molecular weight is 531 g/mol. The maximum Gasteiger partial charge on any atom is 0.251 e. The molecule has 0 aliphatic carbocycles. The third kappa shape index (κ3) is 7.36. The number of aryl methyl sites for hydroxylation is 1. The highest BCUT2D eigenvalue weighted by atomic mass is 32.2. The van der Waals surface area contributed by atoms with E-state index in [1.54, 1.807) is 60.7 Å². The monoisotopic (exact) mass is 530 g/mol. The summed E-state index contributed by atoms with van der Waals surface area (Å²) in [6.07, 6.45) is 1.16. The summed E-state index contributed by atoms with van der Waals surface area (Å²) < 4.78 is 38.5. The number of nitrogens with one attached hydrogen (secondary N) is 1.